The zero-order valence-corrected chi connectivity index (χ0v) is 31.7. The molecule has 1 amide bonds. The molecular weight excluding hydrogens is 711 g/mol. The molecule has 3 heterocycles. The van der Waals surface area contributed by atoms with Crippen LogP contribution in [0.25, 0.3) is 6.08 Å². The van der Waals surface area contributed by atoms with Gasteiger partial charge in [0.25, 0.3) is 0 Å². The number of amides is 1. The Labute approximate surface area is 322 Å². The highest BCUT2D eigenvalue weighted by atomic mass is 35.5. The van der Waals surface area contributed by atoms with Crippen LogP contribution < -0.4 is 18.9 Å². The first-order chi connectivity index (χ1) is 25.3. The minimum atomic E-state index is -0.0142. The molecule has 1 fully saturated rings. The number of carbonyl (C=O) groups is 1. The number of aromatic nitrogens is 2. The Morgan fingerprint density at radius 2 is 1.43 bits per heavy atom. The third kappa shape index (κ3) is 11.4. The highest BCUT2D eigenvalue weighted by Gasteiger charge is 2.20. The maximum absolute atomic E-state index is 13.1. The molecule has 1 aliphatic rings. The van der Waals surface area contributed by atoms with Crippen LogP contribution in [-0.4, -0.2) is 65.6 Å². The summed E-state index contributed by atoms with van der Waals surface area (Å²) in [6, 6.07) is 27.8. The monoisotopic (exact) mass is 754 g/mol. The lowest BCUT2D eigenvalue weighted by Gasteiger charge is -2.34. The number of benzene rings is 3. The van der Waals surface area contributed by atoms with Crippen LogP contribution in [0.15, 0.2) is 103 Å². The molecule has 9 nitrogen and oxygen atoms in total. The quantitative estimate of drug-likeness (QED) is 0.104. The van der Waals surface area contributed by atoms with Gasteiger partial charge in [-0.25, -0.2) is 9.97 Å². The number of ether oxygens (including phenoxy) is 4. The van der Waals surface area contributed by atoms with E-state index in [-0.39, 0.29) is 18.3 Å². The van der Waals surface area contributed by atoms with Crippen molar-refractivity contribution in [2.75, 3.05) is 39.9 Å². The van der Waals surface area contributed by atoms with Crippen LogP contribution in [0.5, 0.6) is 29.0 Å². The van der Waals surface area contributed by atoms with E-state index in [0.29, 0.717) is 54.6 Å². The van der Waals surface area contributed by atoms with Crippen molar-refractivity contribution in [1.29, 1.82) is 0 Å². The molecule has 53 heavy (non-hydrogen) atoms. The normalized spacial score (nSPS) is 13.0. The van der Waals surface area contributed by atoms with Crippen molar-refractivity contribution in [2.45, 2.75) is 33.4 Å². The fourth-order valence-corrected chi connectivity index (χ4v) is 6.09. The van der Waals surface area contributed by atoms with Crippen LogP contribution in [-0.2, 0) is 24.4 Å². The van der Waals surface area contributed by atoms with Crippen LogP contribution in [0.2, 0.25) is 5.02 Å². The van der Waals surface area contributed by atoms with Gasteiger partial charge < -0.3 is 23.8 Å². The highest BCUT2D eigenvalue weighted by molar-refractivity contribution is 6.32. The van der Waals surface area contributed by atoms with Crippen molar-refractivity contribution in [1.82, 2.24) is 19.8 Å². The van der Waals surface area contributed by atoms with Crippen molar-refractivity contribution >= 4 is 36.0 Å². The summed E-state index contributed by atoms with van der Waals surface area (Å²) >= 11 is 6.63. The predicted octanol–water partition coefficient (Wildman–Crippen LogP) is 8.53. The summed E-state index contributed by atoms with van der Waals surface area (Å²) in [5, 5.41) is 0.440. The third-order valence-corrected chi connectivity index (χ3v) is 9.08. The highest BCUT2D eigenvalue weighted by Crippen LogP contribution is 2.34. The van der Waals surface area contributed by atoms with E-state index in [4.69, 9.17) is 30.5 Å². The van der Waals surface area contributed by atoms with Crippen LogP contribution in [0.3, 0.4) is 0 Å². The molecule has 6 rings (SSSR count). The SMILES string of the molecule is COc1ccc(OCCc2ccc(CN3CCN(C(=O)C=Cc4cc(C)c(Oc5ccc(OCc6ccc(C)cc6)cn5)c(Cl)c4)CC3)cc2)cn1.Cl. The van der Waals surface area contributed by atoms with Gasteiger partial charge in [0.15, 0.2) is 5.75 Å². The molecule has 0 unspecified atom stereocenters. The van der Waals surface area contributed by atoms with E-state index in [1.54, 1.807) is 49.9 Å². The molecule has 0 radical (unpaired) electrons. The first kappa shape index (κ1) is 39.1. The van der Waals surface area contributed by atoms with Gasteiger partial charge in [-0.3, -0.25) is 9.69 Å². The predicted molar refractivity (Wildman–Crippen MR) is 211 cm³/mol. The fraction of sp³-hybridized carbons (Fsp3) is 0.262. The van der Waals surface area contributed by atoms with Crippen LogP contribution in [0.4, 0.5) is 0 Å². The summed E-state index contributed by atoms with van der Waals surface area (Å²) in [6.07, 6.45) is 7.53. The summed E-state index contributed by atoms with van der Waals surface area (Å²) in [4.78, 5) is 25.9. The van der Waals surface area contributed by atoms with Gasteiger partial charge in [-0.05, 0) is 72.0 Å². The lowest BCUT2D eigenvalue weighted by molar-refractivity contribution is -0.127. The number of methoxy groups -OCH3 is 1. The first-order valence-electron chi connectivity index (χ1n) is 17.3. The zero-order valence-electron chi connectivity index (χ0n) is 30.2. The molecule has 1 aliphatic heterocycles. The molecule has 276 valence electrons. The molecule has 0 aliphatic carbocycles. The molecule has 0 bridgehead atoms. The Morgan fingerprint density at radius 1 is 0.792 bits per heavy atom. The van der Waals surface area contributed by atoms with Crippen molar-refractivity contribution < 1.29 is 23.7 Å². The number of pyridine rings is 2. The minimum Gasteiger partial charge on any atom is -0.492 e. The van der Waals surface area contributed by atoms with Crippen molar-refractivity contribution in [2.24, 2.45) is 0 Å². The third-order valence-electron chi connectivity index (χ3n) is 8.80. The number of rotatable bonds is 14. The van der Waals surface area contributed by atoms with E-state index in [1.165, 1.54) is 16.7 Å². The maximum Gasteiger partial charge on any atom is 0.246 e. The molecule has 5 aromatic rings. The molecule has 0 spiro atoms. The van der Waals surface area contributed by atoms with E-state index in [2.05, 4.69) is 58.2 Å². The van der Waals surface area contributed by atoms with E-state index in [1.807, 2.05) is 42.2 Å². The van der Waals surface area contributed by atoms with E-state index in [9.17, 15) is 4.79 Å². The molecule has 0 atom stereocenters. The second-order valence-corrected chi connectivity index (χ2v) is 13.2. The Hall–Kier alpha value is -5.09. The van der Waals surface area contributed by atoms with Crippen molar-refractivity contribution in [3.05, 3.63) is 142 Å². The van der Waals surface area contributed by atoms with Crippen molar-refractivity contribution in [3.63, 3.8) is 0 Å². The average Bonchev–Trinajstić information content (AvgIpc) is 3.17. The summed E-state index contributed by atoms with van der Waals surface area (Å²) in [7, 11) is 1.59. The number of hydrogen-bond acceptors (Lipinski definition) is 8. The molecule has 1 saturated heterocycles. The minimum absolute atomic E-state index is 0. The van der Waals surface area contributed by atoms with E-state index in [0.717, 1.165) is 48.5 Å². The van der Waals surface area contributed by atoms with Gasteiger partial charge in [-0.1, -0.05) is 65.7 Å². The first-order valence-corrected chi connectivity index (χ1v) is 17.7. The standard InChI is InChI=1S/C42H43ClN4O5.ClH/c1-30-4-6-34(7-5-30)29-51-37-14-16-40(45-27-37)52-42-31(2)24-35(25-38(42)43)12-17-41(48)47-21-19-46(20-22-47)28-33-10-8-32(9-11-33)18-23-50-36-13-15-39(49-3)44-26-36;/h4-17,24-27H,18-23,28-29H2,1-3H3;1H. The molecule has 2 aromatic heterocycles. The van der Waals surface area contributed by atoms with Gasteiger partial charge >= 0.3 is 0 Å². The number of carbonyl (C=O) groups excluding carboxylic acids is 1. The topological polar surface area (TPSA) is 86.3 Å². The Morgan fingerprint density at radius 3 is 2.08 bits per heavy atom. The van der Waals surface area contributed by atoms with Gasteiger partial charge in [0.1, 0.15) is 18.1 Å². The van der Waals surface area contributed by atoms with Gasteiger partial charge in [-0.15, -0.1) is 12.4 Å². The largest absolute Gasteiger partial charge is 0.492 e. The Kier molecular flexibility index (Phi) is 14.1. The van der Waals surface area contributed by atoms with E-state index >= 15 is 0 Å². The zero-order chi connectivity index (χ0) is 36.3. The van der Waals surface area contributed by atoms with Crippen LogP contribution in [0, 0.1) is 13.8 Å². The molecule has 3 aromatic carbocycles. The summed E-state index contributed by atoms with van der Waals surface area (Å²) in [5.74, 6) is 2.86. The second-order valence-electron chi connectivity index (χ2n) is 12.7. The number of aryl methyl sites for hydroxylation is 2. The lowest BCUT2D eigenvalue weighted by atomic mass is 10.1. The van der Waals surface area contributed by atoms with Gasteiger partial charge in [0.05, 0.1) is 31.1 Å². The van der Waals surface area contributed by atoms with Crippen LogP contribution in [0.1, 0.15) is 33.4 Å². The van der Waals surface area contributed by atoms with Gasteiger partial charge in [0.2, 0.25) is 17.7 Å². The number of hydrogen-bond donors (Lipinski definition) is 0. The number of nitrogens with zero attached hydrogens (tertiary/aromatic N) is 4. The van der Waals surface area contributed by atoms with Crippen molar-refractivity contribution in [3.8, 4) is 29.0 Å². The number of piperazine rings is 1. The summed E-state index contributed by atoms with van der Waals surface area (Å²) in [5.41, 5.74) is 6.42. The molecule has 0 saturated carbocycles. The second kappa shape index (κ2) is 19.1. The Bertz CT molecular complexity index is 1920. The molecular formula is C42H44Cl2N4O5. The molecule has 11 heteroatoms. The average molecular weight is 756 g/mol. The fourth-order valence-electron chi connectivity index (χ4n) is 5.78. The summed E-state index contributed by atoms with van der Waals surface area (Å²) < 4.78 is 22.8. The van der Waals surface area contributed by atoms with Gasteiger partial charge in [0, 0.05) is 57.4 Å². The van der Waals surface area contributed by atoms with E-state index < -0.39 is 0 Å². The van der Waals surface area contributed by atoms with Crippen LogP contribution >= 0.6 is 24.0 Å². The number of halogens is 2. The summed E-state index contributed by atoms with van der Waals surface area (Å²) in [6.45, 7) is 8.84. The smallest absolute Gasteiger partial charge is 0.246 e. The maximum atomic E-state index is 13.1. The van der Waals surface area contributed by atoms with Gasteiger partial charge in [-0.2, -0.15) is 0 Å². The Balaban J connectivity index is 0.00000541. The lowest BCUT2D eigenvalue weighted by Crippen LogP contribution is -2.47. The molecule has 0 N–H and O–H groups in total.